The van der Waals surface area contributed by atoms with Crippen LogP contribution in [0.5, 0.6) is 5.75 Å². The molecular formula is C10H15FN2O. The predicted molar refractivity (Wildman–Crippen MR) is 53.5 cm³/mol. The maximum absolute atomic E-state index is 12.8. The molecule has 0 amide bonds. The van der Waals surface area contributed by atoms with E-state index in [1.807, 2.05) is 0 Å². The number of hydrogen-bond donors (Lipinski definition) is 2. The van der Waals surface area contributed by atoms with E-state index in [4.69, 9.17) is 16.2 Å². The van der Waals surface area contributed by atoms with Crippen LogP contribution >= 0.6 is 0 Å². The van der Waals surface area contributed by atoms with Gasteiger partial charge >= 0.3 is 0 Å². The summed E-state index contributed by atoms with van der Waals surface area (Å²) < 4.78 is 18.2. The summed E-state index contributed by atoms with van der Waals surface area (Å²) in [5.41, 5.74) is 11.5. The largest absolute Gasteiger partial charge is 0.493 e. The molecule has 4 heteroatoms. The summed E-state index contributed by atoms with van der Waals surface area (Å²) in [5, 5.41) is 0. The van der Waals surface area contributed by atoms with Crippen molar-refractivity contribution in [1.82, 2.24) is 0 Å². The van der Waals surface area contributed by atoms with E-state index in [9.17, 15) is 4.39 Å². The molecule has 3 nitrogen and oxygen atoms in total. The third kappa shape index (κ3) is 2.97. The smallest absolute Gasteiger partial charge is 0.123 e. The minimum absolute atomic E-state index is 0.274. The van der Waals surface area contributed by atoms with E-state index < -0.39 is 0 Å². The van der Waals surface area contributed by atoms with E-state index in [0.717, 1.165) is 6.42 Å². The van der Waals surface area contributed by atoms with Crippen LogP contribution in [0.3, 0.4) is 0 Å². The summed E-state index contributed by atoms with van der Waals surface area (Å²) in [6, 6.07) is 4.34. The molecule has 1 aromatic carbocycles. The maximum Gasteiger partial charge on any atom is 0.123 e. The molecule has 0 atom stereocenters. The van der Waals surface area contributed by atoms with Gasteiger partial charge in [0, 0.05) is 12.1 Å². The van der Waals surface area contributed by atoms with Gasteiger partial charge in [0.15, 0.2) is 0 Å². The zero-order chi connectivity index (χ0) is 10.4. The van der Waals surface area contributed by atoms with Crippen molar-refractivity contribution in [2.45, 2.75) is 13.0 Å². The number of nitrogens with two attached hydrogens (primary N) is 2. The van der Waals surface area contributed by atoms with Gasteiger partial charge in [-0.15, -0.1) is 0 Å². The van der Waals surface area contributed by atoms with Gasteiger partial charge in [0.1, 0.15) is 11.6 Å². The van der Waals surface area contributed by atoms with Gasteiger partial charge in [0.25, 0.3) is 0 Å². The molecule has 0 aliphatic carbocycles. The first kappa shape index (κ1) is 10.9. The molecule has 0 saturated heterocycles. The first-order valence-electron chi connectivity index (χ1n) is 4.59. The molecule has 1 aromatic rings. The molecule has 0 saturated carbocycles. The molecule has 14 heavy (non-hydrogen) atoms. The summed E-state index contributed by atoms with van der Waals surface area (Å²) in [5.74, 6) is 0.346. The second-order valence-corrected chi connectivity index (χ2v) is 2.95. The highest BCUT2D eigenvalue weighted by molar-refractivity contribution is 5.33. The van der Waals surface area contributed by atoms with Crippen molar-refractivity contribution in [2.75, 3.05) is 13.2 Å². The first-order chi connectivity index (χ1) is 6.77. The average Bonchev–Trinajstić information content (AvgIpc) is 2.20. The van der Waals surface area contributed by atoms with Crippen molar-refractivity contribution < 1.29 is 9.13 Å². The van der Waals surface area contributed by atoms with Gasteiger partial charge in [0.05, 0.1) is 6.61 Å². The summed E-state index contributed by atoms with van der Waals surface area (Å²) >= 11 is 0. The summed E-state index contributed by atoms with van der Waals surface area (Å²) in [4.78, 5) is 0. The lowest BCUT2D eigenvalue weighted by molar-refractivity contribution is 0.309. The highest BCUT2D eigenvalue weighted by Gasteiger charge is 2.03. The molecule has 0 aliphatic rings. The van der Waals surface area contributed by atoms with Crippen molar-refractivity contribution >= 4 is 0 Å². The van der Waals surface area contributed by atoms with Crippen molar-refractivity contribution in [1.29, 1.82) is 0 Å². The molecule has 0 heterocycles. The fourth-order valence-electron chi connectivity index (χ4n) is 1.11. The van der Waals surface area contributed by atoms with Gasteiger partial charge in [-0.05, 0) is 31.2 Å². The molecule has 1 rings (SSSR count). The van der Waals surface area contributed by atoms with Crippen molar-refractivity contribution in [3.8, 4) is 5.75 Å². The summed E-state index contributed by atoms with van der Waals surface area (Å²) in [6.07, 6.45) is 0.779. The van der Waals surface area contributed by atoms with Crippen molar-refractivity contribution in [3.05, 3.63) is 29.6 Å². The van der Waals surface area contributed by atoms with Crippen LogP contribution in [-0.2, 0) is 6.54 Å². The van der Waals surface area contributed by atoms with Crippen LogP contribution in [0, 0.1) is 5.82 Å². The van der Waals surface area contributed by atoms with E-state index in [0.29, 0.717) is 24.5 Å². The van der Waals surface area contributed by atoms with E-state index >= 15 is 0 Å². The Hall–Kier alpha value is -1.13. The molecule has 0 aliphatic heterocycles. The zero-order valence-corrected chi connectivity index (χ0v) is 8.00. The quantitative estimate of drug-likeness (QED) is 0.694. The second kappa shape index (κ2) is 5.57. The molecule has 4 N–H and O–H groups in total. The molecule has 78 valence electrons. The molecule has 0 fully saturated rings. The number of benzene rings is 1. The third-order valence-electron chi connectivity index (χ3n) is 1.85. The standard InChI is InChI=1S/C10H15FN2O/c11-9-2-3-10(8(6-9)7-13)14-5-1-4-12/h2-3,6H,1,4-5,7,12-13H2. The molecule has 0 aromatic heterocycles. The fourth-order valence-corrected chi connectivity index (χ4v) is 1.11. The molecule has 0 spiro atoms. The lowest BCUT2D eigenvalue weighted by atomic mass is 10.2. The lowest BCUT2D eigenvalue weighted by Crippen LogP contribution is -2.08. The van der Waals surface area contributed by atoms with E-state index in [-0.39, 0.29) is 12.4 Å². The van der Waals surface area contributed by atoms with Crippen LogP contribution in [0.1, 0.15) is 12.0 Å². The number of hydrogen-bond acceptors (Lipinski definition) is 3. The van der Waals surface area contributed by atoms with Gasteiger partial charge in [0.2, 0.25) is 0 Å². The Morgan fingerprint density at radius 2 is 2.07 bits per heavy atom. The van der Waals surface area contributed by atoms with E-state index in [1.165, 1.54) is 12.1 Å². The normalized spacial score (nSPS) is 10.2. The molecule has 0 bridgehead atoms. The average molecular weight is 198 g/mol. The summed E-state index contributed by atoms with van der Waals surface area (Å²) in [6.45, 7) is 1.39. The molecule has 0 unspecified atom stereocenters. The second-order valence-electron chi connectivity index (χ2n) is 2.95. The van der Waals surface area contributed by atoms with Crippen LogP contribution in [0.25, 0.3) is 0 Å². The van der Waals surface area contributed by atoms with Crippen LogP contribution in [0.2, 0.25) is 0 Å². The van der Waals surface area contributed by atoms with Gasteiger partial charge in [-0.3, -0.25) is 0 Å². The molecule has 0 radical (unpaired) electrons. The Morgan fingerprint density at radius 3 is 2.71 bits per heavy atom. The van der Waals surface area contributed by atoms with Crippen LogP contribution in [0.4, 0.5) is 4.39 Å². The minimum atomic E-state index is -0.295. The monoisotopic (exact) mass is 198 g/mol. The predicted octanol–water partition coefficient (Wildman–Crippen LogP) is 1.01. The Morgan fingerprint density at radius 1 is 1.29 bits per heavy atom. The van der Waals surface area contributed by atoms with Crippen LogP contribution in [-0.4, -0.2) is 13.2 Å². The number of halogens is 1. The number of ether oxygens (including phenoxy) is 1. The van der Waals surface area contributed by atoms with Crippen LogP contribution in [0.15, 0.2) is 18.2 Å². The molecular weight excluding hydrogens is 183 g/mol. The lowest BCUT2D eigenvalue weighted by Gasteiger charge is -2.09. The van der Waals surface area contributed by atoms with E-state index in [1.54, 1.807) is 6.07 Å². The zero-order valence-electron chi connectivity index (χ0n) is 8.00. The van der Waals surface area contributed by atoms with Gasteiger partial charge in [-0.2, -0.15) is 0 Å². The highest BCUT2D eigenvalue weighted by Crippen LogP contribution is 2.19. The fraction of sp³-hybridized carbons (Fsp3) is 0.400. The minimum Gasteiger partial charge on any atom is -0.493 e. The topological polar surface area (TPSA) is 61.3 Å². The van der Waals surface area contributed by atoms with Gasteiger partial charge in [-0.1, -0.05) is 0 Å². The third-order valence-corrected chi connectivity index (χ3v) is 1.85. The van der Waals surface area contributed by atoms with E-state index in [2.05, 4.69) is 0 Å². The van der Waals surface area contributed by atoms with Crippen molar-refractivity contribution in [2.24, 2.45) is 11.5 Å². The van der Waals surface area contributed by atoms with Crippen LogP contribution < -0.4 is 16.2 Å². The Kier molecular flexibility index (Phi) is 4.35. The maximum atomic E-state index is 12.8. The summed E-state index contributed by atoms with van der Waals surface area (Å²) in [7, 11) is 0. The van der Waals surface area contributed by atoms with Gasteiger partial charge in [-0.25, -0.2) is 4.39 Å². The Bertz CT molecular complexity index is 291. The number of rotatable bonds is 5. The SMILES string of the molecule is NCCCOc1ccc(F)cc1CN. The van der Waals surface area contributed by atoms with Crippen molar-refractivity contribution in [3.63, 3.8) is 0 Å². The Labute approximate surface area is 82.9 Å². The van der Waals surface area contributed by atoms with Gasteiger partial charge < -0.3 is 16.2 Å². The first-order valence-corrected chi connectivity index (χ1v) is 4.59. The highest BCUT2D eigenvalue weighted by atomic mass is 19.1. The Balaban J connectivity index is 2.65.